The van der Waals surface area contributed by atoms with Crippen LogP contribution in [0.1, 0.15) is 12.1 Å². The number of carbonyl (C=O) groups excluding carboxylic acids is 1. The predicted octanol–water partition coefficient (Wildman–Crippen LogP) is 1.11. The predicted molar refractivity (Wildman–Crippen MR) is 69.4 cm³/mol. The first-order valence-corrected chi connectivity index (χ1v) is 5.98. The molecule has 19 heavy (non-hydrogen) atoms. The molecule has 0 atom stereocenters. The highest BCUT2D eigenvalue weighted by Gasteiger charge is 2.11. The fourth-order valence-corrected chi connectivity index (χ4v) is 2.23. The Labute approximate surface area is 111 Å². The first kappa shape index (κ1) is 13.3. The molecule has 1 heterocycles. The smallest absolute Gasteiger partial charge is 0.162 e. The molecule has 0 aliphatic heterocycles. The van der Waals surface area contributed by atoms with Gasteiger partial charge in [0.25, 0.3) is 0 Å². The molecule has 0 amide bonds. The van der Waals surface area contributed by atoms with E-state index in [1.54, 1.807) is 14.2 Å². The van der Waals surface area contributed by atoms with Crippen molar-refractivity contribution in [3.63, 3.8) is 0 Å². The van der Waals surface area contributed by atoms with Gasteiger partial charge in [0.2, 0.25) is 0 Å². The maximum absolute atomic E-state index is 10.6. The number of aromatic nitrogens is 1. The molecule has 2 aromatic rings. The van der Waals surface area contributed by atoms with Crippen molar-refractivity contribution in [2.24, 2.45) is 0 Å². The lowest BCUT2D eigenvalue weighted by molar-refractivity contribution is -0.305. The molecule has 0 saturated heterocycles. The molecule has 0 N–H and O–H groups in total. The Balaban J connectivity index is 2.52. The van der Waals surface area contributed by atoms with Gasteiger partial charge in [-0.1, -0.05) is 0 Å². The number of fused-ring (bicyclic) bond motifs is 1. The highest BCUT2D eigenvalue weighted by Crippen LogP contribution is 2.33. The van der Waals surface area contributed by atoms with Crippen LogP contribution >= 0.6 is 0 Å². The van der Waals surface area contributed by atoms with Gasteiger partial charge in [-0.25, -0.2) is 0 Å². The minimum Gasteiger partial charge on any atom is -0.550 e. The summed E-state index contributed by atoms with van der Waals surface area (Å²) < 4.78 is 12.5. The molecule has 0 aliphatic rings. The third-order valence-electron chi connectivity index (χ3n) is 3.15. The van der Waals surface area contributed by atoms with Crippen molar-refractivity contribution in [2.75, 3.05) is 14.2 Å². The number of rotatable bonds is 5. The molecule has 0 saturated carbocycles. The maximum Gasteiger partial charge on any atom is 0.162 e. The van der Waals surface area contributed by atoms with Gasteiger partial charge in [-0.3, -0.25) is 0 Å². The summed E-state index contributed by atoms with van der Waals surface area (Å²) in [6.45, 7) is 2.32. The molecular formula is C14H16NO4-. The summed E-state index contributed by atoms with van der Waals surface area (Å²) in [5, 5.41) is 11.6. The van der Waals surface area contributed by atoms with E-state index < -0.39 is 5.97 Å². The molecule has 0 fully saturated rings. The van der Waals surface area contributed by atoms with Gasteiger partial charge in [0.1, 0.15) is 0 Å². The molecule has 5 nitrogen and oxygen atoms in total. The summed E-state index contributed by atoms with van der Waals surface area (Å²) >= 11 is 0. The molecule has 1 aromatic heterocycles. The number of nitrogens with zero attached hydrogens (tertiary/aromatic N) is 1. The van der Waals surface area contributed by atoms with Gasteiger partial charge in [-0.15, -0.1) is 0 Å². The molecule has 0 unspecified atom stereocenters. The molecule has 2 rings (SSSR count). The van der Waals surface area contributed by atoms with E-state index in [1.165, 1.54) is 0 Å². The van der Waals surface area contributed by atoms with Crippen LogP contribution in [-0.4, -0.2) is 24.8 Å². The van der Waals surface area contributed by atoms with E-state index >= 15 is 0 Å². The van der Waals surface area contributed by atoms with Gasteiger partial charge in [0.05, 0.1) is 19.7 Å². The van der Waals surface area contributed by atoms with Gasteiger partial charge in [-0.2, -0.15) is 0 Å². The first-order valence-electron chi connectivity index (χ1n) is 5.98. The van der Waals surface area contributed by atoms with E-state index in [0.29, 0.717) is 18.0 Å². The number of carboxylic acids is 1. The summed E-state index contributed by atoms with van der Waals surface area (Å²) in [4.78, 5) is 10.6. The van der Waals surface area contributed by atoms with E-state index in [-0.39, 0.29) is 6.42 Å². The van der Waals surface area contributed by atoms with Crippen LogP contribution in [0.3, 0.4) is 0 Å². The fraction of sp³-hybridized carbons (Fsp3) is 0.357. The second-order valence-electron chi connectivity index (χ2n) is 4.33. The number of aliphatic carboxylic acids is 1. The average Bonchev–Trinajstić information content (AvgIpc) is 2.69. The number of carboxylic acid groups (broad SMARTS) is 1. The third-order valence-corrected chi connectivity index (χ3v) is 3.15. The van der Waals surface area contributed by atoms with Gasteiger partial charge in [0.15, 0.2) is 11.5 Å². The molecule has 102 valence electrons. The van der Waals surface area contributed by atoms with Crippen LogP contribution in [0.25, 0.3) is 10.9 Å². The number of carbonyl (C=O) groups is 1. The van der Waals surface area contributed by atoms with Crippen molar-refractivity contribution in [1.82, 2.24) is 4.57 Å². The lowest BCUT2D eigenvalue weighted by Crippen LogP contribution is -2.23. The zero-order valence-corrected chi connectivity index (χ0v) is 11.2. The quantitative estimate of drug-likeness (QED) is 0.809. The van der Waals surface area contributed by atoms with Crippen molar-refractivity contribution in [3.8, 4) is 11.5 Å². The van der Waals surface area contributed by atoms with Crippen molar-refractivity contribution in [2.45, 2.75) is 19.9 Å². The summed E-state index contributed by atoms with van der Waals surface area (Å²) in [6, 6.07) is 5.74. The largest absolute Gasteiger partial charge is 0.550 e. The van der Waals surface area contributed by atoms with Crippen LogP contribution in [0, 0.1) is 6.92 Å². The highest BCUT2D eigenvalue weighted by molar-refractivity contribution is 5.85. The number of methoxy groups -OCH3 is 2. The fourth-order valence-electron chi connectivity index (χ4n) is 2.23. The monoisotopic (exact) mass is 262 g/mol. The van der Waals surface area contributed by atoms with Gasteiger partial charge >= 0.3 is 0 Å². The second kappa shape index (κ2) is 5.22. The van der Waals surface area contributed by atoms with E-state index in [2.05, 4.69) is 0 Å². The first-order chi connectivity index (χ1) is 9.06. The summed E-state index contributed by atoms with van der Waals surface area (Å²) in [7, 11) is 3.16. The number of ether oxygens (including phenoxy) is 2. The molecule has 0 aliphatic carbocycles. The Bertz CT molecular complexity index is 615. The normalized spacial score (nSPS) is 10.7. The summed E-state index contributed by atoms with van der Waals surface area (Å²) in [5.41, 5.74) is 1.92. The highest BCUT2D eigenvalue weighted by atomic mass is 16.5. The Hall–Kier alpha value is -2.17. The number of benzene rings is 1. The van der Waals surface area contributed by atoms with E-state index in [1.807, 2.05) is 29.7 Å². The Morgan fingerprint density at radius 3 is 2.42 bits per heavy atom. The lowest BCUT2D eigenvalue weighted by atomic mass is 10.2. The molecule has 0 radical (unpaired) electrons. The van der Waals surface area contributed by atoms with E-state index in [0.717, 1.165) is 16.6 Å². The molecular weight excluding hydrogens is 246 g/mol. The second-order valence-corrected chi connectivity index (χ2v) is 4.33. The standard InChI is InChI=1S/C14H17NO4/c1-9-6-10-7-12(18-2)13(19-3)8-11(10)15(9)5-4-14(16)17/h6-8H,4-5H2,1-3H3,(H,16,17)/p-1. The average molecular weight is 262 g/mol. The van der Waals surface area contributed by atoms with Crippen LogP contribution in [0.15, 0.2) is 18.2 Å². The van der Waals surface area contributed by atoms with Crippen molar-refractivity contribution >= 4 is 16.9 Å². The van der Waals surface area contributed by atoms with E-state index in [4.69, 9.17) is 9.47 Å². The van der Waals surface area contributed by atoms with Crippen LogP contribution in [0.4, 0.5) is 0 Å². The van der Waals surface area contributed by atoms with E-state index in [9.17, 15) is 9.90 Å². The zero-order valence-electron chi connectivity index (χ0n) is 11.2. The molecule has 0 spiro atoms. The Morgan fingerprint density at radius 2 is 1.84 bits per heavy atom. The number of aryl methyl sites for hydroxylation is 2. The lowest BCUT2D eigenvalue weighted by Gasteiger charge is -2.11. The molecule has 1 aromatic carbocycles. The Kier molecular flexibility index (Phi) is 3.64. The summed E-state index contributed by atoms with van der Waals surface area (Å²) in [6.07, 6.45) is -0.0149. The van der Waals surface area contributed by atoms with Crippen LogP contribution in [0.5, 0.6) is 11.5 Å². The van der Waals surface area contributed by atoms with Crippen LogP contribution < -0.4 is 14.6 Å². The van der Waals surface area contributed by atoms with Crippen LogP contribution in [-0.2, 0) is 11.3 Å². The van der Waals surface area contributed by atoms with Crippen LogP contribution in [0.2, 0.25) is 0 Å². The van der Waals surface area contributed by atoms with Crippen molar-refractivity contribution < 1.29 is 19.4 Å². The summed E-state index contributed by atoms with van der Waals surface area (Å²) in [5.74, 6) is 0.233. The van der Waals surface area contributed by atoms with Gasteiger partial charge < -0.3 is 23.9 Å². The molecule has 0 bridgehead atoms. The van der Waals surface area contributed by atoms with Crippen molar-refractivity contribution in [1.29, 1.82) is 0 Å². The number of hydrogen-bond acceptors (Lipinski definition) is 4. The van der Waals surface area contributed by atoms with Crippen molar-refractivity contribution in [3.05, 3.63) is 23.9 Å². The van der Waals surface area contributed by atoms with Gasteiger partial charge in [0, 0.05) is 36.1 Å². The van der Waals surface area contributed by atoms with Gasteiger partial charge in [-0.05, 0) is 19.1 Å². The zero-order chi connectivity index (χ0) is 14.0. The third kappa shape index (κ3) is 2.50. The topological polar surface area (TPSA) is 63.5 Å². The maximum atomic E-state index is 10.6. The minimum absolute atomic E-state index is 0.0149. The number of hydrogen-bond donors (Lipinski definition) is 0. The Morgan fingerprint density at radius 1 is 1.21 bits per heavy atom. The SMILES string of the molecule is COc1cc2cc(C)n(CCC(=O)[O-])c2cc1OC. The minimum atomic E-state index is -1.05. The molecule has 5 heteroatoms.